The van der Waals surface area contributed by atoms with Gasteiger partial charge in [0.05, 0.1) is 21.2 Å². The molecule has 138 valence electrons. The molecule has 2 aromatic heterocycles. The number of nitrogens with one attached hydrogen (secondary N) is 1. The topological polar surface area (TPSA) is 62.0 Å². The predicted molar refractivity (Wildman–Crippen MR) is 109 cm³/mol. The summed E-state index contributed by atoms with van der Waals surface area (Å²) in [6.07, 6.45) is 5.89. The molecule has 1 N–H and O–H groups in total. The van der Waals surface area contributed by atoms with Gasteiger partial charge in [-0.1, -0.05) is 11.6 Å². The van der Waals surface area contributed by atoms with E-state index < -0.39 is 0 Å². The highest BCUT2D eigenvalue weighted by Gasteiger charge is 2.18. The van der Waals surface area contributed by atoms with Gasteiger partial charge in [0, 0.05) is 37.0 Å². The average molecular weight is 399 g/mol. The number of aryl methyl sites for hydroxylation is 1. The monoisotopic (exact) mass is 398 g/mol. The number of benzene rings is 1. The van der Waals surface area contributed by atoms with Gasteiger partial charge in [0.1, 0.15) is 5.84 Å². The molecule has 0 amide bonds. The zero-order valence-corrected chi connectivity index (χ0v) is 16.3. The van der Waals surface area contributed by atoms with Gasteiger partial charge in [-0.25, -0.2) is 4.98 Å². The molecular weight excluding hydrogens is 380 g/mol. The van der Waals surface area contributed by atoms with Crippen molar-refractivity contribution >= 4 is 34.6 Å². The fourth-order valence-corrected chi connectivity index (χ4v) is 3.99. The van der Waals surface area contributed by atoms with Crippen LogP contribution in [0.2, 0.25) is 4.34 Å². The van der Waals surface area contributed by atoms with Crippen LogP contribution in [-0.4, -0.2) is 39.2 Å². The molecule has 27 heavy (non-hydrogen) atoms. The number of rotatable bonds is 6. The fourth-order valence-electron chi connectivity index (χ4n) is 2.98. The Kier molecular flexibility index (Phi) is 5.09. The normalized spacial score (nSPS) is 13.4. The van der Waals surface area contributed by atoms with Crippen molar-refractivity contribution in [2.45, 2.75) is 19.3 Å². The van der Waals surface area contributed by atoms with E-state index in [1.807, 2.05) is 35.0 Å². The van der Waals surface area contributed by atoms with E-state index in [4.69, 9.17) is 17.0 Å². The molecular formula is C20H19ClN4OS. The van der Waals surface area contributed by atoms with Gasteiger partial charge < -0.3 is 9.47 Å². The maximum absolute atomic E-state index is 12.2. The van der Waals surface area contributed by atoms with Crippen LogP contribution in [0.4, 0.5) is 0 Å². The van der Waals surface area contributed by atoms with Gasteiger partial charge in [0.2, 0.25) is 0 Å². The Balaban J connectivity index is 1.38. The number of carbonyl (C=O) groups is 1. The fraction of sp³-hybridized carbons (Fsp3) is 0.250. The molecule has 0 unspecified atom stereocenters. The van der Waals surface area contributed by atoms with Crippen LogP contribution >= 0.6 is 22.9 Å². The largest absolute Gasteiger partial charge is 0.356 e. The van der Waals surface area contributed by atoms with Crippen LogP contribution < -0.4 is 0 Å². The Morgan fingerprint density at radius 3 is 2.59 bits per heavy atom. The molecule has 0 atom stereocenters. The van der Waals surface area contributed by atoms with Crippen molar-refractivity contribution in [1.29, 1.82) is 5.41 Å². The zero-order chi connectivity index (χ0) is 18.8. The molecule has 3 aromatic rings. The molecule has 4 rings (SSSR count). The Labute approximate surface area is 166 Å². The molecule has 1 aliphatic heterocycles. The minimum absolute atomic E-state index is 0.0929. The molecule has 0 aliphatic carbocycles. The second kappa shape index (κ2) is 7.66. The molecule has 1 fully saturated rings. The third-order valence-electron chi connectivity index (χ3n) is 4.70. The standard InChI is InChI=1S/C20H19ClN4OS/c21-19-9-8-18(27-19)17(26)7-4-15-12-25(13-23-15)16-5-2-14(3-6-16)20(22)24-10-1-11-24/h2-3,5-6,8-9,12-13,22H,1,4,7,10-11H2. The quantitative estimate of drug-likeness (QED) is 0.379. The number of thiophene rings is 1. The molecule has 0 bridgehead atoms. The number of likely N-dealkylation sites (tertiary alicyclic amines) is 1. The van der Waals surface area contributed by atoms with E-state index in [2.05, 4.69) is 9.88 Å². The van der Waals surface area contributed by atoms with Gasteiger partial charge in [-0.2, -0.15) is 0 Å². The van der Waals surface area contributed by atoms with Crippen molar-refractivity contribution in [3.8, 4) is 5.69 Å². The lowest BCUT2D eigenvalue weighted by molar-refractivity contribution is 0.0986. The predicted octanol–water partition coefficient (Wildman–Crippen LogP) is 4.43. The summed E-state index contributed by atoms with van der Waals surface area (Å²) >= 11 is 7.20. The van der Waals surface area contributed by atoms with Crippen molar-refractivity contribution in [2.24, 2.45) is 0 Å². The first-order valence-electron chi connectivity index (χ1n) is 8.86. The number of carbonyl (C=O) groups excluding carboxylic acids is 1. The van der Waals surface area contributed by atoms with E-state index in [-0.39, 0.29) is 5.78 Å². The molecule has 0 radical (unpaired) electrons. The van der Waals surface area contributed by atoms with E-state index in [0.717, 1.165) is 30.0 Å². The number of hydrogen-bond donors (Lipinski definition) is 1. The minimum Gasteiger partial charge on any atom is -0.356 e. The van der Waals surface area contributed by atoms with Gasteiger partial charge in [-0.05, 0) is 49.2 Å². The SMILES string of the molecule is N=C(c1ccc(-n2cnc(CCC(=O)c3ccc(Cl)s3)c2)cc1)N1CCC1. The highest BCUT2D eigenvalue weighted by atomic mass is 35.5. The van der Waals surface area contributed by atoms with Crippen LogP contribution in [0.25, 0.3) is 5.69 Å². The van der Waals surface area contributed by atoms with Crippen molar-refractivity contribution in [3.63, 3.8) is 0 Å². The lowest BCUT2D eigenvalue weighted by atomic mass is 10.1. The van der Waals surface area contributed by atoms with Gasteiger partial charge in [0.15, 0.2) is 5.78 Å². The van der Waals surface area contributed by atoms with E-state index in [0.29, 0.717) is 27.9 Å². The van der Waals surface area contributed by atoms with Crippen molar-refractivity contribution in [2.75, 3.05) is 13.1 Å². The Hall–Kier alpha value is -2.44. The number of halogens is 1. The summed E-state index contributed by atoms with van der Waals surface area (Å²) in [4.78, 5) is 19.4. The number of aromatic nitrogens is 2. The number of amidine groups is 1. The van der Waals surface area contributed by atoms with E-state index in [1.165, 1.54) is 17.8 Å². The second-order valence-corrected chi connectivity index (χ2v) is 8.25. The van der Waals surface area contributed by atoms with Crippen LogP contribution in [0.3, 0.4) is 0 Å². The number of nitrogens with zero attached hydrogens (tertiary/aromatic N) is 3. The van der Waals surface area contributed by atoms with Crippen LogP contribution in [0, 0.1) is 5.41 Å². The summed E-state index contributed by atoms with van der Waals surface area (Å²) in [5, 5.41) is 8.20. The van der Waals surface area contributed by atoms with Crippen LogP contribution in [0.1, 0.15) is 33.8 Å². The lowest BCUT2D eigenvalue weighted by Gasteiger charge is -2.33. The Bertz CT molecular complexity index is 972. The molecule has 1 aliphatic rings. The summed E-state index contributed by atoms with van der Waals surface area (Å²) in [7, 11) is 0. The van der Waals surface area contributed by atoms with Crippen LogP contribution in [0.5, 0.6) is 0 Å². The van der Waals surface area contributed by atoms with E-state index in [9.17, 15) is 4.79 Å². The van der Waals surface area contributed by atoms with Crippen LogP contribution in [-0.2, 0) is 6.42 Å². The second-order valence-electron chi connectivity index (χ2n) is 6.54. The van der Waals surface area contributed by atoms with Gasteiger partial charge in [-0.15, -0.1) is 11.3 Å². The lowest BCUT2D eigenvalue weighted by Crippen LogP contribution is -2.42. The first-order chi connectivity index (χ1) is 13.1. The smallest absolute Gasteiger partial charge is 0.173 e. The average Bonchev–Trinajstić information content (AvgIpc) is 3.27. The molecule has 1 saturated heterocycles. The minimum atomic E-state index is 0.0929. The highest BCUT2D eigenvalue weighted by molar-refractivity contribution is 7.18. The summed E-state index contributed by atoms with van der Waals surface area (Å²) < 4.78 is 2.58. The number of ketones is 1. The first-order valence-corrected chi connectivity index (χ1v) is 10.1. The maximum atomic E-state index is 12.2. The summed E-state index contributed by atoms with van der Waals surface area (Å²) in [6.45, 7) is 1.95. The Morgan fingerprint density at radius 2 is 1.96 bits per heavy atom. The van der Waals surface area contributed by atoms with Gasteiger partial charge in [-0.3, -0.25) is 10.2 Å². The number of Topliss-reactive ketones (excluding diaryl/α,β-unsaturated/α-hetero) is 1. The summed E-state index contributed by atoms with van der Waals surface area (Å²) in [6, 6.07) is 11.5. The van der Waals surface area contributed by atoms with E-state index in [1.54, 1.807) is 18.5 Å². The van der Waals surface area contributed by atoms with Gasteiger partial charge in [0.25, 0.3) is 0 Å². The number of hydrogen-bond acceptors (Lipinski definition) is 4. The molecule has 1 aromatic carbocycles. The summed E-state index contributed by atoms with van der Waals surface area (Å²) in [5.74, 6) is 0.682. The molecule has 0 saturated carbocycles. The van der Waals surface area contributed by atoms with Crippen molar-refractivity contribution in [3.05, 3.63) is 69.4 Å². The highest BCUT2D eigenvalue weighted by Crippen LogP contribution is 2.23. The third-order valence-corrected chi connectivity index (χ3v) is 5.98. The first kappa shape index (κ1) is 17.9. The van der Waals surface area contributed by atoms with Crippen molar-refractivity contribution < 1.29 is 4.79 Å². The summed E-state index contributed by atoms with van der Waals surface area (Å²) in [5.41, 5.74) is 2.80. The van der Waals surface area contributed by atoms with Gasteiger partial charge >= 0.3 is 0 Å². The van der Waals surface area contributed by atoms with Crippen molar-refractivity contribution in [1.82, 2.24) is 14.5 Å². The molecule has 0 spiro atoms. The molecule has 7 heteroatoms. The zero-order valence-electron chi connectivity index (χ0n) is 14.7. The maximum Gasteiger partial charge on any atom is 0.173 e. The van der Waals surface area contributed by atoms with Crippen LogP contribution in [0.15, 0.2) is 48.9 Å². The number of imidazole rings is 1. The molecule has 5 nitrogen and oxygen atoms in total. The van der Waals surface area contributed by atoms with E-state index >= 15 is 0 Å². The molecule has 3 heterocycles. The Morgan fingerprint density at radius 1 is 1.19 bits per heavy atom. The third kappa shape index (κ3) is 3.96.